The van der Waals surface area contributed by atoms with E-state index >= 15 is 0 Å². The zero-order valence-corrected chi connectivity index (χ0v) is 12.3. The first-order valence-electron chi connectivity index (χ1n) is 6.91. The molecule has 0 aliphatic heterocycles. The van der Waals surface area contributed by atoms with E-state index in [4.69, 9.17) is 11.6 Å². The van der Waals surface area contributed by atoms with Gasteiger partial charge in [0.05, 0.1) is 5.38 Å². The molecule has 0 aliphatic carbocycles. The molecule has 0 nitrogen and oxygen atoms in total. The average molecular weight is 281 g/mol. The lowest BCUT2D eigenvalue weighted by Crippen LogP contribution is -1.96. The minimum atomic E-state index is 0.0152. The van der Waals surface area contributed by atoms with E-state index in [0.717, 1.165) is 6.42 Å². The van der Waals surface area contributed by atoms with Gasteiger partial charge in [-0.3, -0.25) is 0 Å². The van der Waals surface area contributed by atoms with E-state index in [9.17, 15) is 0 Å². The predicted molar refractivity (Wildman–Crippen MR) is 87.4 cm³/mol. The monoisotopic (exact) mass is 280 g/mol. The maximum Gasteiger partial charge on any atom is 0.0625 e. The van der Waals surface area contributed by atoms with Gasteiger partial charge in [-0.05, 0) is 41.3 Å². The van der Waals surface area contributed by atoms with E-state index in [1.165, 1.54) is 27.5 Å². The number of aryl methyl sites for hydroxylation is 1. The Balaban J connectivity index is 1.86. The van der Waals surface area contributed by atoms with Crippen molar-refractivity contribution in [1.29, 1.82) is 0 Å². The summed E-state index contributed by atoms with van der Waals surface area (Å²) in [5.74, 6) is 0. The highest BCUT2D eigenvalue weighted by molar-refractivity contribution is 6.21. The highest BCUT2D eigenvalue weighted by Gasteiger charge is 2.09. The van der Waals surface area contributed by atoms with E-state index in [0.29, 0.717) is 0 Å². The molecule has 100 valence electrons. The fraction of sp³-hybridized carbons (Fsp3) is 0.158. The molecule has 3 aromatic rings. The highest BCUT2D eigenvalue weighted by atomic mass is 35.5. The summed E-state index contributed by atoms with van der Waals surface area (Å²) in [5, 5.41) is 2.52. The Bertz CT molecular complexity index is 730. The third-order valence-corrected chi connectivity index (χ3v) is 4.04. The Hall–Kier alpha value is -1.79. The number of benzene rings is 3. The van der Waals surface area contributed by atoms with Crippen molar-refractivity contribution in [1.82, 2.24) is 0 Å². The van der Waals surface area contributed by atoms with Gasteiger partial charge in [0.25, 0.3) is 0 Å². The summed E-state index contributed by atoms with van der Waals surface area (Å²) >= 11 is 6.59. The van der Waals surface area contributed by atoms with Crippen LogP contribution in [0.25, 0.3) is 10.8 Å². The zero-order chi connectivity index (χ0) is 13.9. The Kier molecular flexibility index (Phi) is 3.75. The van der Waals surface area contributed by atoms with Gasteiger partial charge < -0.3 is 0 Å². The molecule has 0 fully saturated rings. The van der Waals surface area contributed by atoms with E-state index in [2.05, 4.69) is 73.7 Å². The Morgan fingerprint density at radius 3 is 2.45 bits per heavy atom. The number of rotatable bonds is 3. The molecular formula is C19H17Cl. The van der Waals surface area contributed by atoms with Crippen LogP contribution in [0.2, 0.25) is 0 Å². The largest absolute Gasteiger partial charge is 0.117 e. The lowest BCUT2D eigenvalue weighted by Gasteiger charge is -2.11. The van der Waals surface area contributed by atoms with Crippen molar-refractivity contribution in [2.75, 3.05) is 0 Å². The lowest BCUT2D eigenvalue weighted by molar-refractivity contribution is 0.920. The second-order valence-electron chi connectivity index (χ2n) is 5.27. The van der Waals surface area contributed by atoms with Gasteiger partial charge in [-0.25, -0.2) is 0 Å². The van der Waals surface area contributed by atoms with Gasteiger partial charge in [-0.15, -0.1) is 11.6 Å². The van der Waals surface area contributed by atoms with Gasteiger partial charge in [0, 0.05) is 0 Å². The number of alkyl halides is 1. The van der Waals surface area contributed by atoms with E-state index in [-0.39, 0.29) is 5.38 Å². The topological polar surface area (TPSA) is 0 Å². The molecule has 0 bridgehead atoms. The molecule has 0 saturated carbocycles. The van der Waals surface area contributed by atoms with Gasteiger partial charge in [0.2, 0.25) is 0 Å². The summed E-state index contributed by atoms with van der Waals surface area (Å²) < 4.78 is 0. The van der Waals surface area contributed by atoms with Crippen LogP contribution in [-0.4, -0.2) is 0 Å². The van der Waals surface area contributed by atoms with Crippen LogP contribution in [0.4, 0.5) is 0 Å². The molecule has 0 saturated heterocycles. The second kappa shape index (κ2) is 5.68. The van der Waals surface area contributed by atoms with Crippen molar-refractivity contribution >= 4 is 22.4 Å². The summed E-state index contributed by atoms with van der Waals surface area (Å²) in [6.07, 6.45) is 0.863. The molecule has 1 unspecified atom stereocenters. The van der Waals surface area contributed by atoms with Crippen LogP contribution in [0.3, 0.4) is 0 Å². The van der Waals surface area contributed by atoms with Crippen molar-refractivity contribution < 1.29 is 0 Å². The van der Waals surface area contributed by atoms with Crippen molar-refractivity contribution in [3.8, 4) is 0 Å². The lowest BCUT2D eigenvalue weighted by atomic mass is 10.00. The summed E-state index contributed by atoms with van der Waals surface area (Å²) in [4.78, 5) is 0. The minimum absolute atomic E-state index is 0.0152. The van der Waals surface area contributed by atoms with Crippen LogP contribution in [0.15, 0.2) is 66.7 Å². The maximum absolute atomic E-state index is 6.59. The molecule has 3 rings (SSSR count). The molecule has 0 radical (unpaired) electrons. The molecule has 0 spiro atoms. The molecule has 1 atom stereocenters. The van der Waals surface area contributed by atoms with Crippen LogP contribution >= 0.6 is 11.6 Å². The van der Waals surface area contributed by atoms with Crippen molar-refractivity contribution in [3.05, 3.63) is 83.4 Å². The minimum Gasteiger partial charge on any atom is -0.117 e. The van der Waals surface area contributed by atoms with Crippen LogP contribution in [0.1, 0.15) is 22.1 Å². The first-order chi connectivity index (χ1) is 9.72. The summed E-state index contributed by atoms with van der Waals surface area (Å²) in [7, 11) is 0. The first kappa shape index (κ1) is 13.2. The number of hydrogen-bond donors (Lipinski definition) is 0. The third kappa shape index (κ3) is 2.86. The molecule has 20 heavy (non-hydrogen) atoms. The van der Waals surface area contributed by atoms with Crippen LogP contribution < -0.4 is 0 Å². The van der Waals surface area contributed by atoms with Gasteiger partial charge in [-0.1, -0.05) is 66.2 Å². The Morgan fingerprint density at radius 2 is 1.65 bits per heavy atom. The van der Waals surface area contributed by atoms with Crippen LogP contribution in [0, 0.1) is 6.92 Å². The van der Waals surface area contributed by atoms with Crippen molar-refractivity contribution in [2.45, 2.75) is 18.7 Å². The molecule has 0 aliphatic rings. The highest BCUT2D eigenvalue weighted by Crippen LogP contribution is 2.28. The predicted octanol–water partition coefficient (Wildman–Crippen LogP) is 5.67. The van der Waals surface area contributed by atoms with Crippen LogP contribution in [0.5, 0.6) is 0 Å². The van der Waals surface area contributed by atoms with Crippen LogP contribution in [-0.2, 0) is 6.42 Å². The Labute approximate surface area is 125 Å². The fourth-order valence-electron chi connectivity index (χ4n) is 2.57. The third-order valence-electron chi connectivity index (χ3n) is 3.63. The SMILES string of the molecule is Cc1cccc(CC(Cl)c2ccc3ccccc3c2)c1. The molecule has 0 amide bonds. The van der Waals surface area contributed by atoms with Gasteiger partial charge >= 0.3 is 0 Å². The number of hydrogen-bond acceptors (Lipinski definition) is 0. The van der Waals surface area contributed by atoms with Gasteiger partial charge in [-0.2, -0.15) is 0 Å². The van der Waals surface area contributed by atoms with Gasteiger partial charge in [0.1, 0.15) is 0 Å². The second-order valence-corrected chi connectivity index (χ2v) is 5.79. The summed E-state index contributed by atoms with van der Waals surface area (Å²) in [5.41, 5.74) is 3.76. The molecule has 0 aromatic heterocycles. The van der Waals surface area contributed by atoms with E-state index in [1.807, 2.05) is 0 Å². The molecule has 1 heteroatoms. The maximum atomic E-state index is 6.59. The average Bonchev–Trinajstić information content (AvgIpc) is 2.47. The van der Waals surface area contributed by atoms with Crippen molar-refractivity contribution in [3.63, 3.8) is 0 Å². The fourth-order valence-corrected chi connectivity index (χ4v) is 2.88. The van der Waals surface area contributed by atoms with Crippen molar-refractivity contribution in [2.24, 2.45) is 0 Å². The summed E-state index contributed by atoms with van der Waals surface area (Å²) in [6, 6.07) is 23.4. The first-order valence-corrected chi connectivity index (χ1v) is 7.34. The number of fused-ring (bicyclic) bond motifs is 1. The Morgan fingerprint density at radius 1 is 0.850 bits per heavy atom. The van der Waals surface area contributed by atoms with E-state index < -0.39 is 0 Å². The number of halogens is 1. The molecule has 3 aromatic carbocycles. The molecule has 0 heterocycles. The standard InChI is InChI=1S/C19H17Cl/c1-14-5-4-6-15(11-14)12-19(20)18-10-9-16-7-2-3-8-17(16)13-18/h2-11,13,19H,12H2,1H3. The molecule has 0 N–H and O–H groups in total. The quantitative estimate of drug-likeness (QED) is 0.542. The molecular weight excluding hydrogens is 264 g/mol. The zero-order valence-electron chi connectivity index (χ0n) is 11.5. The summed E-state index contributed by atoms with van der Waals surface area (Å²) in [6.45, 7) is 2.11. The smallest absolute Gasteiger partial charge is 0.0625 e. The van der Waals surface area contributed by atoms with Gasteiger partial charge in [0.15, 0.2) is 0 Å². The normalized spacial score (nSPS) is 12.5. The van der Waals surface area contributed by atoms with E-state index in [1.54, 1.807) is 0 Å².